The van der Waals surface area contributed by atoms with Gasteiger partial charge in [-0.05, 0) is 43.4 Å². The van der Waals surface area contributed by atoms with Crippen LogP contribution in [0.25, 0.3) is 0 Å². The Kier molecular flexibility index (Phi) is 3.21. The van der Waals surface area contributed by atoms with Crippen molar-refractivity contribution in [2.24, 2.45) is 0 Å². The van der Waals surface area contributed by atoms with Crippen molar-refractivity contribution in [1.82, 2.24) is 10.2 Å². The number of ether oxygens (including phenoxy) is 1. The molecule has 0 radical (unpaired) electrons. The molecule has 3 aliphatic rings. The van der Waals surface area contributed by atoms with E-state index in [-0.39, 0.29) is 23.7 Å². The van der Waals surface area contributed by atoms with Gasteiger partial charge in [0.1, 0.15) is 11.7 Å². The molecule has 4 rings (SSSR count). The van der Waals surface area contributed by atoms with Crippen LogP contribution in [-0.4, -0.2) is 35.6 Å². The summed E-state index contributed by atoms with van der Waals surface area (Å²) in [6.07, 6.45) is 4.15. The van der Waals surface area contributed by atoms with E-state index in [1.807, 2.05) is 29.2 Å². The number of hydrogen-bond acceptors (Lipinski definition) is 3. The molecule has 2 heterocycles. The highest BCUT2D eigenvalue weighted by molar-refractivity contribution is 6.30. The van der Waals surface area contributed by atoms with Crippen molar-refractivity contribution in [2.75, 3.05) is 13.2 Å². The molecule has 1 aromatic rings. The van der Waals surface area contributed by atoms with Crippen LogP contribution in [0.15, 0.2) is 24.3 Å². The molecule has 21 heavy (non-hydrogen) atoms. The Hall–Kier alpha value is -1.10. The Morgan fingerprint density at radius 1 is 1.33 bits per heavy atom. The monoisotopic (exact) mass is 306 g/mol. The van der Waals surface area contributed by atoms with Gasteiger partial charge in [0.25, 0.3) is 0 Å². The number of amides is 1. The highest BCUT2D eigenvalue weighted by atomic mass is 35.5. The van der Waals surface area contributed by atoms with Crippen LogP contribution in [0.2, 0.25) is 5.02 Å². The second kappa shape index (κ2) is 4.97. The molecule has 0 aromatic heterocycles. The van der Waals surface area contributed by atoms with Crippen LogP contribution < -0.4 is 5.32 Å². The number of carbonyl (C=O) groups excluding carboxylic acids is 1. The van der Waals surface area contributed by atoms with Crippen LogP contribution in [0, 0.1) is 0 Å². The van der Waals surface area contributed by atoms with E-state index in [9.17, 15) is 4.79 Å². The van der Waals surface area contributed by atoms with Gasteiger partial charge in [0.2, 0.25) is 5.91 Å². The zero-order chi connectivity index (χ0) is 14.4. The molecule has 2 saturated heterocycles. The van der Waals surface area contributed by atoms with Gasteiger partial charge in [0.15, 0.2) is 0 Å². The Morgan fingerprint density at radius 3 is 2.71 bits per heavy atom. The summed E-state index contributed by atoms with van der Waals surface area (Å²) in [5.74, 6) is 0.234. The first-order valence-corrected chi connectivity index (χ1v) is 8.02. The third kappa shape index (κ3) is 2.35. The number of nitrogens with zero attached hydrogens (tertiary/aromatic N) is 1. The van der Waals surface area contributed by atoms with E-state index in [1.165, 1.54) is 0 Å². The lowest BCUT2D eigenvalue weighted by Gasteiger charge is -2.27. The van der Waals surface area contributed by atoms with Crippen LogP contribution in [0.4, 0.5) is 0 Å². The van der Waals surface area contributed by atoms with Crippen LogP contribution in [0.1, 0.15) is 37.4 Å². The summed E-state index contributed by atoms with van der Waals surface area (Å²) in [4.78, 5) is 14.7. The molecule has 0 bridgehead atoms. The Bertz CT molecular complexity index is 550. The maximum absolute atomic E-state index is 12.7. The lowest BCUT2D eigenvalue weighted by Crippen LogP contribution is -2.37. The predicted molar refractivity (Wildman–Crippen MR) is 80.0 cm³/mol. The Labute approximate surface area is 129 Å². The third-order valence-electron chi connectivity index (χ3n) is 4.75. The van der Waals surface area contributed by atoms with Crippen molar-refractivity contribution >= 4 is 17.5 Å². The van der Waals surface area contributed by atoms with Gasteiger partial charge in [-0.1, -0.05) is 23.7 Å². The summed E-state index contributed by atoms with van der Waals surface area (Å²) in [6.45, 7) is 1.50. The van der Waals surface area contributed by atoms with Gasteiger partial charge in [-0.3, -0.25) is 10.1 Å². The molecule has 1 spiro atoms. The summed E-state index contributed by atoms with van der Waals surface area (Å²) < 4.78 is 5.71. The topological polar surface area (TPSA) is 41.6 Å². The highest BCUT2D eigenvalue weighted by Crippen LogP contribution is 2.46. The first kappa shape index (κ1) is 13.6. The molecule has 1 saturated carbocycles. The SMILES string of the molecule is O=C1N(CC2CCCO2)C(c2ccc(Cl)cc2)NC12CC2. The van der Waals surface area contributed by atoms with Crippen LogP contribution in [-0.2, 0) is 9.53 Å². The average molecular weight is 307 g/mol. The maximum atomic E-state index is 12.7. The van der Waals surface area contributed by atoms with Gasteiger partial charge >= 0.3 is 0 Å². The van der Waals surface area contributed by atoms with E-state index in [0.717, 1.165) is 42.9 Å². The fourth-order valence-electron chi connectivity index (χ4n) is 3.38. The number of carbonyl (C=O) groups is 1. The maximum Gasteiger partial charge on any atom is 0.244 e. The zero-order valence-electron chi connectivity index (χ0n) is 11.8. The lowest BCUT2D eigenvalue weighted by atomic mass is 10.1. The van der Waals surface area contributed by atoms with Gasteiger partial charge in [-0.15, -0.1) is 0 Å². The Balaban J connectivity index is 1.60. The molecule has 1 aromatic carbocycles. The van der Waals surface area contributed by atoms with E-state index < -0.39 is 0 Å². The first-order valence-electron chi connectivity index (χ1n) is 7.64. The van der Waals surface area contributed by atoms with Crippen molar-refractivity contribution in [1.29, 1.82) is 0 Å². The zero-order valence-corrected chi connectivity index (χ0v) is 12.6. The normalized spacial score (nSPS) is 30.3. The van der Waals surface area contributed by atoms with Crippen LogP contribution in [0.5, 0.6) is 0 Å². The summed E-state index contributed by atoms with van der Waals surface area (Å²) in [6, 6.07) is 7.75. The number of nitrogens with one attached hydrogen (secondary N) is 1. The van der Waals surface area contributed by atoms with E-state index in [1.54, 1.807) is 0 Å². The van der Waals surface area contributed by atoms with Crippen LogP contribution >= 0.6 is 11.6 Å². The molecule has 1 N–H and O–H groups in total. The Morgan fingerprint density at radius 2 is 2.10 bits per heavy atom. The molecule has 2 atom stereocenters. The van der Waals surface area contributed by atoms with Gasteiger partial charge in [-0.25, -0.2) is 0 Å². The largest absolute Gasteiger partial charge is 0.376 e. The van der Waals surface area contributed by atoms with Gasteiger partial charge in [-0.2, -0.15) is 0 Å². The van der Waals surface area contributed by atoms with Gasteiger partial charge in [0.05, 0.1) is 6.10 Å². The molecule has 2 unspecified atom stereocenters. The molecule has 5 heteroatoms. The number of benzene rings is 1. The summed E-state index contributed by atoms with van der Waals surface area (Å²) >= 11 is 5.97. The molecule has 1 aliphatic carbocycles. The molecular formula is C16H19ClN2O2. The highest BCUT2D eigenvalue weighted by Gasteiger charge is 2.59. The van der Waals surface area contributed by atoms with Crippen molar-refractivity contribution in [3.63, 3.8) is 0 Å². The van der Waals surface area contributed by atoms with Crippen molar-refractivity contribution in [3.8, 4) is 0 Å². The van der Waals surface area contributed by atoms with E-state index in [0.29, 0.717) is 6.54 Å². The minimum absolute atomic E-state index is 0.0542. The second-order valence-corrected chi connectivity index (χ2v) is 6.71. The van der Waals surface area contributed by atoms with Gasteiger partial charge < -0.3 is 9.64 Å². The molecular weight excluding hydrogens is 288 g/mol. The van der Waals surface area contributed by atoms with Crippen molar-refractivity contribution < 1.29 is 9.53 Å². The summed E-state index contributed by atoms with van der Waals surface area (Å²) in [5, 5.41) is 4.25. The predicted octanol–water partition coefficient (Wildman–Crippen LogP) is 2.48. The molecule has 1 amide bonds. The molecule has 3 fully saturated rings. The molecule has 2 aliphatic heterocycles. The summed E-state index contributed by atoms with van der Waals surface area (Å²) in [5.41, 5.74) is 0.789. The summed E-state index contributed by atoms with van der Waals surface area (Å²) in [7, 11) is 0. The molecule has 112 valence electrons. The average Bonchev–Trinajstić information content (AvgIpc) is 2.99. The first-order chi connectivity index (χ1) is 10.2. The number of halogens is 1. The second-order valence-electron chi connectivity index (χ2n) is 6.27. The van der Waals surface area contributed by atoms with Crippen molar-refractivity contribution in [3.05, 3.63) is 34.9 Å². The number of rotatable bonds is 3. The quantitative estimate of drug-likeness (QED) is 0.933. The lowest BCUT2D eigenvalue weighted by molar-refractivity contribution is -0.132. The van der Waals surface area contributed by atoms with E-state index in [2.05, 4.69) is 5.32 Å². The fraction of sp³-hybridized carbons (Fsp3) is 0.562. The minimum Gasteiger partial charge on any atom is -0.376 e. The standard InChI is InChI=1S/C16H19ClN2O2/c17-12-5-3-11(4-6-12)14-18-16(7-8-16)15(20)19(14)10-13-2-1-9-21-13/h3-6,13-14,18H,1-2,7-10H2. The smallest absolute Gasteiger partial charge is 0.244 e. The van der Waals surface area contributed by atoms with E-state index >= 15 is 0 Å². The van der Waals surface area contributed by atoms with E-state index in [4.69, 9.17) is 16.3 Å². The van der Waals surface area contributed by atoms with Crippen molar-refractivity contribution in [2.45, 2.75) is 43.5 Å². The third-order valence-corrected chi connectivity index (χ3v) is 5.01. The fourth-order valence-corrected chi connectivity index (χ4v) is 3.51. The number of hydrogen-bond donors (Lipinski definition) is 1. The molecule has 4 nitrogen and oxygen atoms in total. The van der Waals surface area contributed by atoms with Crippen LogP contribution in [0.3, 0.4) is 0 Å². The minimum atomic E-state index is -0.303. The van der Waals surface area contributed by atoms with Gasteiger partial charge in [0, 0.05) is 18.2 Å².